The molecule has 1 fully saturated rings. The Hall–Kier alpha value is -1.31. The van der Waals surface area contributed by atoms with Crippen LogP contribution in [0.5, 0.6) is 0 Å². The number of benzene rings is 1. The van der Waals surface area contributed by atoms with Gasteiger partial charge in [0.25, 0.3) is 5.91 Å². The van der Waals surface area contributed by atoms with E-state index in [2.05, 4.69) is 11.9 Å². The lowest BCUT2D eigenvalue weighted by atomic mass is 9.99. The highest BCUT2D eigenvalue weighted by Crippen LogP contribution is 2.22. The van der Waals surface area contributed by atoms with Gasteiger partial charge in [0.05, 0.1) is 21.7 Å². The van der Waals surface area contributed by atoms with Gasteiger partial charge in [-0.15, -0.1) is 11.8 Å². The number of piperidine rings is 1. The van der Waals surface area contributed by atoms with Crippen LogP contribution in [0.2, 0.25) is 5.02 Å². The first-order valence-corrected chi connectivity index (χ1v) is 11.5. The Kier molecular flexibility index (Phi) is 7.00. The summed E-state index contributed by atoms with van der Waals surface area (Å²) in [7, 11) is 0. The molecule has 1 aromatic heterocycles. The Labute approximate surface area is 172 Å². The van der Waals surface area contributed by atoms with Crippen LogP contribution in [0.1, 0.15) is 26.7 Å². The van der Waals surface area contributed by atoms with Crippen LogP contribution < -0.4 is 4.80 Å². The quantitative estimate of drug-likeness (QED) is 0.732. The highest BCUT2D eigenvalue weighted by molar-refractivity contribution is 8.00. The maximum absolute atomic E-state index is 12.3. The van der Waals surface area contributed by atoms with E-state index in [1.807, 2.05) is 34.6 Å². The monoisotopic (exact) mass is 425 g/mol. The molecule has 5 nitrogen and oxygen atoms in total. The number of hydrogen-bond donors (Lipinski definition) is 0. The fraction of sp³-hybridized carbons (Fsp3) is 0.526. The van der Waals surface area contributed by atoms with Crippen LogP contribution in [0.3, 0.4) is 0 Å². The summed E-state index contributed by atoms with van der Waals surface area (Å²) < 4.78 is 3.02. The predicted molar refractivity (Wildman–Crippen MR) is 113 cm³/mol. The molecule has 0 radical (unpaired) electrons. The summed E-state index contributed by atoms with van der Waals surface area (Å²) in [5.41, 5.74) is 1.03. The van der Waals surface area contributed by atoms with Crippen LogP contribution in [-0.4, -0.2) is 45.9 Å². The minimum atomic E-state index is -0.208. The molecule has 0 saturated carbocycles. The third-order valence-corrected chi connectivity index (χ3v) is 6.95. The lowest BCUT2D eigenvalue weighted by Crippen LogP contribution is -2.39. The molecule has 1 saturated heterocycles. The number of amides is 2. The van der Waals surface area contributed by atoms with Gasteiger partial charge in [-0.05, 0) is 43.9 Å². The predicted octanol–water partition coefficient (Wildman–Crippen LogP) is 3.80. The molecule has 2 aromatic rings. The van der Waals surface area contributed by atoms with E-state index < -0.39 is 0 Å². The Morgan fingerprint density at radius 2 is 2.04 bits per heavy atom. The normalized spacial score (nSPS) is 16.3. The Morgan fingerprint density at radius 1 is 1.30 bits per heavy atom. The van der Waals surface area contributed by atoms with Crippen LogP contribution in [0.15, 0.2) is 23.2 Å². The highest BCUT2D eigenvalue weighted by Gasteiger charge is 2.20. The standard InChI is InChI=1S/C19H24ClN3O2S2/c1-3-23-15-5-4-14(20)10-16(15)27-19(23)21-17(24)11-26-12-18(25)22-8-6-13(2)7-9-22/h4-5,10,13H,3,6-9,11-12H2,1-2H3. The second kappa shape index (κ2) is 9.26. The van der Waals surface area contributed by atoms with E-state index in [-0.39, 0.29) is 17.6 Å². The number of aromatic nitrogens is 1. The first kappa shape index (κ1) is 20.4. The Balaban J connectivity index is 1.60. The Morgan fingerprint density at radius 3 is 2.74 bits per heavy atom. The van der Waals surface area contributed by atoms with Crippen LogP contribution in [0.4, 0.5) is 0 Å². The molecule has 1 aliphatic rings. The molecule has 0 bridgehead atoms. The van der Waals surface area contributed by atoms with Crippen molar-refractivity contribution in [2.45, 2.75) is 33.2 Å². The molecule has 3 rings (SSSR count). The average molecular weight is 426 g/mol. The van der Waals surface area contributed by atoms with Crippen LogP contribution in [0, 0.1) is 5.92 Å². The molecule has 8 heteroatoms. The molecule has 2 amide bonds. The first-order valence-electron chi connectivity index (χ1n) is 9.20. The van der Waals surface area contributed by atoms with Gasteiger partial charge in [-0.25, -0.2) is 0 Å². The molecule has 0 N–H and O–H groups in total. The number of hydrogen-bond acceptors (Lipinski definition) is 4. The average Bonchev–Trinajstić information content (AvgIpc) is 2.97. The van der Waals surface area contributed by atoms with E-state index >= 15 is 0 Å². The highest BCUT2D eigenvalue weighted by atomic mass is 35.5. The van der Waals surface area contributed by atoms with Crippen molar-refractivity contribution in [1.82, 2.24) is 9.47 Å². The fourth-order valence-corrected chi connectivity index (χ4v) is 5.24. The zero-order chi connectivity index (χ0) is 19.4. The zero-order valence-electron chi connectivity index (χ0n) is 15.6. The van der Waals surface area contributed by atoms with Crippen LogP contribution in [-0.2, 0) is 16.1 Å². The van der Waals surface area contributed by atoms with Gasteiger partial charge in [0.2, 0.25) is 5.91 Å². The number of thioether (sulfide) groups is 1. The second-order valence-electron chi connectivity index (χ2n) is 6.80. The molecule has 1 aromatic carbocycles. The van der Waals surface area contributed by atoms with Gasteiger partial charge in [0, 0.05) is 24.7 Å². The lowest BCUT2D eigenvalue weighted by molar-refractivity contribution is -0.129. The van der Waals surface area contributed by atoms with Gasteiger partial charge in [0.1, 0.15) is 0 Å². The van der Waals surface area contributed by atoms with Crippen molar-refractivity contribution in [2.75, 3.05) is 24.6 Å². The van der Waals surface area contributed by atoms with Crippen molar-refractivity contribution in [1.29, 1.82) is 0 Å². The summed E-state index contributed by atoms with van der Waals surface area (Å²) >= 11 is 8.87. The summed E-state index contributed by atoms with van der Waals surface area (Å²) in [5.74, 6) is 1.17. The third-order valence-electron chi connectivity index (χ3n) is 4.77. The SMILES string of the molecule is CCn1c(=NC(=O)CSCC(=O)N2CCC(C)CC2)sc2cc(Cl)ccc21. The minimum absolute atomic E-state index is 0.125. The molecular weight excluding hydrogens is 402 g/mol. The van der Waals surface area contributed by atoms with Crippen LogP contribution in [0.25, 0.3) is 10.2 Å². The summed E-state index contributed by atoms with van der Waals surface area (Å²) in [6.07, 6.45) is 2.13. The van der Waals surface area contributed by atoms with Gasteiger partial charge in [-0.1, -0.05) is 29.9 Å². The number of carbonyl (C=O) groups is 2. The van der Waals surface area contributed by atoms with Crippen molar-refractivity contribution in [2.24, 2.45) is 10.9 Å². The summed E-state index contributed by atoms with van der Waals surface area (Å²) in [6.45, 7) is 6.64. The molecule has 1 aliphatic heterocycles. The van der Waals surface area contributed by atoms with E-state index in [1.54, 1.807) is 0 Å². The minimum Gasteiger partial charge on any atom is -0.342 e. The summed E-state index contributed by atoms with van der Waals surface area (Å²) in [4.78, 5) is 31.4. The fourth-order valence-electron chi connectivity index (χ4n) is 3.15. The van der Waals surface area contributed by atoms with Crippen molar-refractivity contribution < 1.29 is 9.59 Å². The molecule has 146 valence electrons. The summed E-state index contributed by atoms with van der Waals surface area (Å²) in [6, 6.07) is 5.69. The van der Waals surface area contributed by atoms with E-state index in [1.165, 1.54) is 23.1 Å². The zero-order valence-corrected chi connectivity index (χ0v) is 18.0. The van der Waals surface area contributed by atoms with E-state index in [4.69, 9.17) is 11.6 Å². The van der Waals surface area contributed by atoms with E-state index in [9.17, 15) is 9.59 Å². The van der Waals surface area contributed by atoms with Gasteiger partial charge in [-0.2, -0.15) is 4.99 Å². The molecule has 0 atom stereocenters. The van der Waals surface area contributed by atoms with Crippen molar-refractivity contribution >= 4 is 56.7 Å². The lowest BCUT2D eigenvalue weighted by Gasteiger charge is -2.30. The number of carbonyl (C=O) groups excluding carboxylic acids is 2. The first-order chi connectivity index (χ1) is 13.0. The molecule has 0 spiro atoms. The third kappa shape index (κ3) is 5.15. The maximum atomic E-state index is 12.3. The molecule has 0 unspecified atom stereocenters. The number of nitrogens with zero attached hydrogens (tertiary/aromatic N) is 3. The molecule has 2 heterocycles. The maximum Gasteiger partial charge on any atom is 0.258 e. The van der Waals surface area contributed by atoms with Crippen molar-refractivity contribution in [3.63, 3.8) is 0 Å². The number of likely N-dealkylation sites (tertiary alicyclic amines) is 1. The number of rotatable bonds is 5. The number of halogens is 1. The molecule has 0 aliphatic carbocycles. The van der Waals surface area contributed by atoms with Crippen molar-refractivity contribution in [3.05, 3.63) is 28.0 Å². The summed E-state index contributed by atoms with van der Waals surface area (Å²) in [5, 5.41) is 0.672. The number of aryl methyl sites for hydroxylation is 1. The number of thiazole rings is 1. The Bertz CT molecular complexity index is 898. The van der Waals surface area contributed by atoms with Gasteiger partial charge >= 0.3 is 0 Å². The van der Waals surface area contributed by atoms with Gasteiger partial charge in [-0.3, -0.25) is 9.59 Å². The van der Waals surface area contributed by atoms with E-state index in [0.29, 0.717) is 21.5 Å². The van der Waals surface area contributed by atoms with Crippen LogP contribution >= 0.6 is 34.7 Å². The number of fused-ring (bicyclic) bond motifs is 1. The second-order valence-corrected chi connectivity index (χ2v) is 9.23. The van der Waals surface area contributed by atoms with E-state index in [0.717, 1.165) is 42.7 Å². The topological polar surface area (TPSA) is 54.7 Å². The smallest absolute Gasteiger partial charge is 0.258 e. The van der Waals surface area contributed by atoms with Gasteiger partial charge in [0.15, 0.2) is 4.80 Å². The van der Waals surface area contributed by atoms with Gasteiger partial charge < -0.3 is 9.47 Å². The molecule has 27 heavy (non-hydrogen) atoms. The largest absolute Gasteiger partial charge is 0.342 e. The molecular formula is C19H24ClN3O2S2. The van der Waals surface area contributed by atoms with Crippen molar-refractivity contribution in [3.8, 4) is 0 Å².